The van der Waals surface area contributed by atoms with Crippen LogP contribution in [-0.2, 0) is 8.85 Å². The fourth-order valence-corrected chi connectivity index (χ4v) is 5.92. The predicted octanol–water partition coefficient (Wildman–Crippen LogP) is 3.90. The molecule has 0 N–H and O–H groups in total. The minimum absolute atomic E-state index is 0.756. The first-order chi connectivity index (χ1) is 12.9. The Hall–Kier alpha value is 0.0169. The van der Waals surface area contributed by atoms with Gasteiger partial charge in [-0.1, -0.05) is 13.8 Å². The molecule has 0 atom stereocenters. The lowest BCUT2D eigenvalue weighted by molar-refractivity contribution is 0.178. The molecule has 0 amide bonds. The summed E-state index contributed by atoms with van der Waals surface area (Å²) in [6.07, 6.45) is 4.94. The summed E-state index contributed by atoms with van der Waals surface area (Å²) in [6, 6.07) is 1.06. The molecule has 0 radical (unpaired) electrons. The maximum Gasteiger partial charge on any atom is 0.336 e. The third-order valence-electron chi connectivity index (χ3n) is 5.02. The van der Waals surface area contributed by atoms with Crippen LogP contribution in [0.1, 0.15) is 53.4 Å². The summed E-state index contributed by atoms with van der Waals surface area (Å²) < 4.78 is 12.1. The van der Waals surface area contributed by atoms with Crippen LogP contribution in [0.15, 0.2) is 0 Å². The Kier molecular flexibility index (Phi) is 16.9. The van der Waals surface area contributed by atoms with Gasteiger partial charge >= 0.3 is 8.56 Å². The average Bonchev–Trinajstić information content (AvgIpc) is 2.60. The second-order valence-corrected chi connectivity index (χ2v) is 11.3. The SMILES string of the molecule is CCCN(C)CCCN(CCCN(C)CCC)CC[Si](C)(OCC)OCC. The van der Waals surface area contributed by atoms with Crippen LogP contribution in [-0.4, -0.2) is 96.4 Å². The first-order valence-corrected chi connectivity index (χ1v) is 13.8. The summed E-state index contributed by atoms with van der Waals surface area (Å²) in [6.45, 7) is 20.6. The van der Waals surface area contributed by atoms with Crippen molar-refractivity contribution in [1.82, 2.24) is 14.7 Å². The molecule has 0 bridgehead atoms. The normalized spacial score (nSPS) is 12.7. The molecule has 164 valence electrons. The van der Waals surface area contributed by atoms with Crippen molar-refractivity contribution in [3.05, 3.63) is 0 Å². The van der Waals surface area contributed by atoms with Crippen LogP contribution in [0.2, 0.25) is 12.6 Å². The van der Waals surface area contributed by atoms with Gasteiger partial charge in [0.1, 0.15) is 0 Å². The van der Waals surface area contributed by atoms with Crippen LogP contribution < -0.4 is 0 Å². The average molecular weight is 404 g/mol. The van der Waals surface area contributed by atoms with E-state index in [4.69, 9.17) is 8.85 Å². The van der Waals surface area contributed by atoms with Gasteiger partial charge in [0.25, 0.3) is 0 Å². The van der Waals surface area contributed by atoms with Crippen molar-refractivity contribution >= 4 is 8.56 Å². The lowest BCUT2D eigenvalue weighted by Crippen LogP contribution is -2.43. The highest BCUT2D eigenvalue weighted by Gasteiger charge is 2.31. The van der Waals surface area contributed by atoms with E-state index in [1.807, 2.05) is 0 Å². The maximum absolute atomic E-state index is 6.04. The summed E-state index contributed by atoms with van der Waals surface area (Å²) in [5.41, 5.74) is 0. The van der Waals surface area contributed by atoms with Crippen LogP contribution in [0.5, 0.6) is 0 Å². The van der Waals surface area contributed by atoms with Gasteiger partial charge in [-0.25, -0.2) is 0 Å². The Labute approximate surface area is 171 Å². The second-order valence-electron chi connectivity index (χ2n) is 7.91. The van der Waals surface area contributed by atoms with Crippen molar-refractivity contribution < 1.29 is 8.85 Å². The lowest BCUT2D eigenvalue weighted by Gasteiger charge is -2.30. The van der Waals surface area contributed by atoms with Crippen molar-refractivity contribution in [2.75, 3.05) is 73.1 Å². The molecule has 0 aromatic heterocycles. The van der Waals surface area contributed by atoms with Crippen LogP contribution in [0.3, 0.4) is 0 Å². The topological polar surface area (TPSA) is 28.2 Å². The van der Waals surface area contributed by atoms with E-state index in [-0.39, 0.29) is 0 Å². The number of nitrogens with zero attached hydrogens (tertiary/aromatic N) is 3. The molecule has 0 aliphatic carbocycles. The molecule has 0 saturated carbocycles. The van der Waals surface area contributed by atoms with Gasteiger partial charge in [-0.2, -0.15) is 0 Å². The molecule has 0 heterocycles. The fraction of sp³-hybridized carbons (Fsp3) is 1.00. The van der Waals surface area contributed by atoms with E-state index in [2.05, 4.69) is 63.0 Å². The third-order valence-corrected chi connectivity index (χ3v) is 7.95. The smallest absolute Gasteiger partial charge is 0.336 e. The number of hydrogen-bond donors (Lipinski definition) is 0. The van der Waals surface area contributed by atoms with E-state index in [1.165, 1.54) is 65.0 Å². The Morgan fingerprint density at radius 2 is 1.07 bits per heavy atom. The van der Waals surface area contributed by atoms with E-state index >= 15 is 0 Å². The van der Waals surface area contributed by atoms with Crippen LogP contribution in [0, 0.1) is 0 Å². The van der Waals surface area contributed by atoms with Crippen molar-refractivity contribution in [3.63, 3.8) is 0 Å². The maximum atomic E-state index is 6.04. The van der Waals surface area contributed by atoms with Gasteiger partial charge in [-0.15, -0.1) is 0 Å². The Morgan fingerprint density at radius 1 is 0.630 bits per heavy atom. The van der Waals surface area contributed by atoms with Crippen LogP contribution in [0.25, 0.3) is 0 Å². The Morgan fingerprint density at radius 3 is 1.44 bits per heavy atom. The molecular weight excluding hydrogens is 354 g/mol. The zero-order chi connectivity index (χ0) is 20.5. The molecule has 0 spiro atoms. The quantitative estimate of drug-likeness (QED) is 0.305. The monoisotopic (exact) mass is 403 g/mol. The molecule has 0 aromatic carbocycles. The summed E-state index contributed by atoms with van der Waals surface area (Å²) in [4.78, 5) is 7.54. The molecule has 5 nitrogen and oxygen atoms in total. The molecule has 0 aromatic rings. The van der Waals surface area contributed by atoms with Crippen LogP contribution in [0.4, 0.5) is 0 Å². The largest absolute Gasteiger partial charge is 0.395 e. The summed E-state index contributed by atoms with van der Waals surface area (Å²) in [7, 11) is 2.45. The van der Waals surface area contributed by atoms with Crippen molar-refractivity contribution in [2.24, 2.45) is 0 Å². The van der Waals surface area contributed by atoms with Gasteiger partial charge in [-0.05, 0) is 99.4 Å². The van der Waals surface area contributed by atoms with E-state index in [0.29, 0.717) is 0 Å². The molecule has 0 aliphatic heterocycles. The minimum Gasteiger partial charge on any atom is -0.395 e. The van der Waals surface area contributed by atoms with Crippen molar-refractivity contribution in [1.29, 1.82) is 0 Å². The zero-order valence-corrected chi connectivity index (χ0v) is 20.6. The Balaban J connectivity index is 4.51. The van der Waals surface area contributed by atoms with E-state index in [1.54, 1.807) is 0 Å². The fourth-order valence-electron chi connectivity index (χ4n) is 3.61. The van der Waals surface area contributed by atoms with Gasteiger partial charge in [0, 0.05) is 25.8 Å². The number of hydrogen-bond acceptors (Lipinski definition) is 5. The predicted molar refractivity (Wildman–Crippen MR) is 121 cm³/mol. The van der Waals surface area contributed by atoms with Gasteiger partial charge < -0.3 is 23.6 Å². The van der Waals surface area contributed by atoms with Crippen molar-refractivity contribution in [3.8, 4) is 0 Å². The lowest BCUT2D eigenvalue weighted by atomic mass is 10.3. The number of rotatable bonds is 19. The standard InChI is InChI=1S/C21H49N3O2Si/c1-8-14-22(5)16-12-18-24(19-13-17-23(6)15-9-2)20-21-27(7,25-10-3)26-11-4/h8-21H2,1-7H3. The first-order valence-electron chi connectivity index (χ1n) is 11.3. The molecular formula is C21H49N3O2Si. The van der Waals surface area contributed by atoms with Gasteiger partial charge in [0.05, 0.1) is 0 Å². The van der Waals surface area contributed by atoms with E-state index in [9.17, 15) is 0 Å². The molecule has 0 saturated heterocycles. The zero-order valence-electron chi connectivity index (χ0n) is 19.6. The summed E-state index contributed by atoms with van der Waals surface area (Å²) in [5.74, 6) is 0. The summed E-state index contributed by atoms with van der Waals surface area (Å²) >= 11 is 0. The van der Waals surface area contributed by atoms with Gasteiger partial charge in [0.15, 0.2) is 0 Å². The van der Waals surface area contributed by atoms with Crippen LogP contribution >= 0.6 is 0 Å². The molecule has 6 heteroatoms. The van der Waals surface area contributed by atoms with Gasteiger partial charge in [0.2, 0.25) is 0 Å². The van der Waals surface area contributed by atoms with Gasteiger partial charge in [-0.3, -0.25) is 0 Å². The summed E-state index contributed by atoms with van der Waals surface area (Å²) in [5, 5.41) is 0. The molecule has 0 rings (SSSR count). The molecule has 0 fully saturated rings. The van der Waals surface area contributed by atoms with Crippen molar-refractivity contribution in [2.45, 2.75) is 66.0 Å². The van der Waals surface area contributed by atoms with E-state index < -0.39 is 8.56 Å². The first kappa shape index (κ1) is 27.0. The Bertz CT molecular complexity index is 311. The third kappa shape index (κ3) is 14.6. The highest BCUT2D eigenvalue weighted by atomic mass is 28.4. The molecule has 0 aliphatic rings. The highest BCUT2D eigenvalue weighted by Crippen LogP contribution is 2.15. The second kappa shape index (κ2) is 16.9. The highest BCUT2D eigenvalue weighted by molar-refractivity contribution is 6.66. The minimum atomic E-state index is -2.02. The molecule has 27 heavy (non-hydrogen) atoms. The van der Waals surface area contributed by atoms with E-state index in [0.717, 1.165) is 25.8 Å². The molecule has 0 unspecified atom stereocenters.